The molecule has 0 unspecified atom stereocenters. The Balaban J connectivity index is 0.00000363. The number of rotatable bonds is 5. The molecule has 5 nitrogen and oxygen atoms in total. The van der Waals surface area contributed by atoms with Crippen molar-refractivity contribution < 1.29 is 11.0 Å². The highest BCUT2D eigenvalue weighted by molar-refractivity contribution is 5.92. The van der Waals surface area contributed by atoms with E-state index in [1.54, 1.807) is 12.3 Å². The number of aromatic nitrogens is 1. The number of carbonyl (C=O) groups is 1. The standard InChI is InChI=1S/C26H33N3O2.H2/c1-15(2)19-9-11-20(28-14-19)22(30)29-23-25(5,6)24(26(23,7)8)31-21-12-10-18(13-27)16(3)17(21)4;/h9-12,14-15,23-24H,1-8H3,(H,29,30);1H. The predicted molar refractivity (Wildman–Crippen MR) is 124 cm³/mol. The van der Waals surface area contributed by atoms with Gasteiger partial charge in [-0.1, -0.05) is 47.6 Å². The van der Waals surface area contributed by atoms with E-state index in [1.807, 2.05) is 32.0 Å². The van der Waals surface area contributed by atoms with Gasteiger partial charge in [0.2, 0.25) is 0 Å². The quantitative estimate of drug-likeness (QED) is 0.686. The van der Waals surface area contributed by atoms with Gasteiger partial charge in [-0.3, -0.25) is 9.78 Å². The van der Waals surface area contributed by atoms with Gasteiger partial charge in [0.15, 0.2) is 0 Å². The molecule has 1 aliphatic carbocycles. The Morgan fingerprint density at radius 2 is 1.77 bits per heavy atom. The number of hydrogen-bond donors (Lipinski definition) is 1. The number of benzene rings is 1. The smallest absolute Gasteiger partial charge is 0.270 e. The molecule has 0 saturated heterocycles. The van der Waals surface area contributed by atoms with Crippen molar-refractivity contribution in [2.75, 3.05) is 0 Å². The van der Waals surface area contributed by atoms with Crippen LogP contribution in [0.4, 0.5) is 0 Å². The van der Waals surface area contributed by atoms with E-state index in [1.165, 1.54) is 0 Å². The first kappa shape index (κ1) is 22.8. The second-order valence-corrected chi connectivity index (χ2v) is 10.2. The van der Waals surface area contributed by atoms with Crippen LogP contribution in [-0.4, -0.2) is 23.0 Å². The summed E-state index contributed by atoms with van der Waals surface area (Å²) in [5, 5.41) is 12.5. The van der Waals surface area contributed by atoms with Crippen LogP contribution < -0.4 is 10.1 Å². The lowest BCUT2D eigenvalue weighted by atomic mass is 9.49. The number of nitriles is 1. The van der Waals surface area contributed by atoms with Crippen molar-refractivity contribution >= 4 is 5.91 Å². The average molecular weight is 422 g/mol. The van der Waals surface area contributed by atoms with Gasteiger partial charge in [0, 0.05) is 24.5 Å². The molecule has 0 radical (unpaired) electrons. The lowest BCUT2D eigenvalue weighted by Gasteiger charge is -2.63. The van der Waals surface area contributed by atoms with Crippen molar-refractivity contribution in [3.63, 3.8) is 0 Å². The van der Waals surface area contributed by atoms with Crippen LogP contribution in [0.25, 0.3) is 0 Å². The molecular weight excluding hydrogens is 386 g/mol. The molecule has 31 heavy (non-hydrogen) atoms. The molecule has 3 rings (SSSR count). The number of nitrogens with one attached hydrogen (secondary N) is 1. The van der Waals surface area contributed by atoms with Crippen molar-refractivity contribution in [1.82, 2.24) is 10.3 Å². The van der Waals surface area contributed by atoms with Crippen molar-refractivity contribution in [3.05, 3.63) is 58.4 Å². The molecule has 1 heterocycles. The molecule has 0 aliphatic heterocycles. The second kappa shape index (κ2) is 8.00. The summed E-state index contributed by atoms with van der Waals surface area (Å²) in [5.74, 6) is 1.00. The Bertz CT molecular complexity index is 1020. The highest BCUT2D eigenvalue weighted by Gasteiger charge is 2.64. The first-order valence-corrected chi connectivity index (χ1v) is 10.8. The van der Waals surface area contributed by atoms with Gasteiger partial charge in [0.05, 0.1) is 11.6 Å². The zero-order chi connectivity index (χ0) is 23.1. The predicted octanol–water partition coefficient (Wildman–Crippen LogP) is 5.55. The van der Waals surface area contributed by atoms with E-state index in [0.29, 0.717) is 17.2 Å². The topological polar surface area (TPSA) is 75.0 Å². The molecule has 166 valence electrons. The van der Waals surface area contributed by atoms with Crippen LogP contribution in [0.3, 0.4) is 0 Å². The summed E-state index contributed by atoms with van der Waals surface area (Å²) in [6.45, 7) is 16.6. The van der Waals surface area contributed by atoms with Crippen LogP contribution >= 0.6 is 0 Å². The van der Waals surface area contributed by atoms with Gasteiger partial charge in [-0.15, -0.1) is 0 Å². The Labute approximate surface area is 187 Å². The Morgan fingerprint density at radius 1 is 1.13 bits per heavy atom. The van der Waals surface area contributed by atoms with Crippen LogP contribution in [0.1, 0.15) is 81.6 Å². The number of nitrogens with zero attached hydrogens (tertiary/aromatic N) is 2. The third kappa shape index (κ3) is 3.92. The minimum atomic E-state index is -0.273. The highest BCUT2D eigenvalue weighted by Crippen LogP contribution is 2.55. The number of ether oxygens (including phenoxy) is 1. The summed E-state index contributed by atoms with van der Waals surface area (Å²) >= 11 is 0. The first-order chi connectivity index (χ1) is 14.4. The highest BCUT2D eigenvalue weighted by atomic mass is 16.5. The van der Waals surface area contributed by atoms with E-state index >= 15 is 0 Å². The fourth-order valence-corrected chi connectivity index (χ4v) is 5.06. The van der Waals surface area contributed by atoms with Gasteiger partial charge >= 0.3 is 0 Å². The third-order valence-corrected chi connectivity index (χ3v) is 6.90. The maximum atomic E-state index is 12.9. The molecular formula is C26H35N3O2. The van der Waals surface area contributed by atoms with Crippen LogP contribution in [0.15, 0.2) is 30.5 Å². The fraction of sp³-hybridized carbons (Fsp3) is 0.500. The van der Waals surface area contributed by atoms with Gasteiger partial charge in [-0.2, -0.15) is 5.26 Å². The van der Waals surface area contributed by atoms with Crippen LogP contribution in [0.2, 0.25) is 0 Å². The summed E-state index contributed by atoms with van der Waals surface area (Å²) in [7, 11) is 0. The zero-order valence-corrected chi connectivity index (χ0v) is 19.8. The fourth-order valence-electron chi connectivity index (χ4n) is 5.06. The summed E-state index contributed by atoms with van der Waals surface area (Å²) < 4.78 is 6.48. The van der Waals surface area contributed by atoms with E-state index in [9.17, 15) is 10.1 Å². The molecule has 1 aliphatic rings. The second-order valence-electron chi connectivity index (χ2n) is 10.2. The van der Waals surface area contributed by atoms with E-state index in [2.05, 4.69) is 57.9 Å². The lowest BCUT2D eigenvalue weighted by molar-refractivity contribution is -0.164. The summed E-state index contributed by atoms with van der Waals surface area (Å²) in [6, 6.07) is 9.59. The van der Waals surface area contributed by atoms with E-state index < -0.39 is 0 Å². The molecule has 2 aromatic rings. The van der Waals surface area contributed by atoms with Gasteiger partial charge in [-0.05, 0) is 54.7 Å². The SMILES string of the molecule is Cc1c(C#N)ccc(OC2C(C)(C)C(NC(=O)c3ccc(C(C)C)cn3)C2(C)C)c1C.[HH]. The molecule has 0 bridgehead atoms. The van der Waals surface area contributed by atoms with E-state index in [-0.39, 0.29) is 30.3 Å². The van der Waals surface area contributed by atoms with Gasteiger partial charge in [0.25, 0.3) is 5.91 Å². The maximum absolute atomic E-state index is 12.9. The summed E-state index contributed by atoms with van der Waals surface area (Å²) in [5.41, 5.74) is 3.58. The normalized spacial score (nSPS) is 21.2. The number of carbonyl (C=O) groups excluding carboxylic acids is 1. The van der Waals surface area contributed by atoms with Crippen molar-refractivity contribution in [1.29, 1.82) is 5.26 Å². The molecule has 1 N–H and O–H groups in total. The summed E-state index contributed by atoms with van der Waals surface area (Å²) in [4.78, 5) is 17.3. The monoisotopic (exact) mass is 421 g/mol. The molecule has 1 aromatic heterocycles. The molecule has 1 fully saturated rings. The molecule has 1 aromatic carbocycles. The number of pyridine rings is 1. The first-order valence-electron chi connectivity index (χ1n) is 10.8. The minimum Gasteiger partial charge on any atom is -0.489 e. The molecule has 0 spiro atoms. The molecule has 5 heteroatoms. The molecule has 1 amide bonds. The zero-order valence-electron chi connectivity index (χ0n) is 19.8. The molecule has 0 atom stereocenters. The third-order valence-electron chi connectivity index (χ3n) is 6.90. The largest absolute Gasteiger partial charge is 0.489 e. The minimum absolute atomic E-state index is 0. The van der Waals surface area contributed by atoms with Gasteiger partial charge < -0.3 is 10.1 Å². The van der Waals surface area contributed by atoms with Crippen molar-refractivity contribution in [2.45, 2.75) is 73.5 Å². The van der Waals surface area contributed by atoms with Crippen LogP contribution in [0, 0.1) is 36.0 Å². The van der Waals surface area contributed by atoms with Crippen molar-refractivity contribution in [2.24, 2.45) is 10.8 Å². The van der Waals surface area contributed by atoms with Crippen LogP contribution in [0.5, 0.6) is 5.75 Å². The Hall–Kier alpha value is -2.87. The average Bonchev–Trinajstić information content (AvgIpc) is 2.72. The van der Waals surface area contributed by atoms with Gasteiger partial charge in [-0.25, -0.2) is 0 Å². The maximum Gasteiger partial charge on any atom is 0.270 e. The van der Waals surface area contributed by atoms with E-state index in [4.69, 9.17) is 4.74 Å². The Kier molecular flexibility index (Phi) is 5.88. The van der Waals surface area contributed by atoms with Gasteiger partial charge in [0.1, 0.15) is 17.5 Å². The van der Waals surface area contributed by atoms with Crippen molar-refractivity contribution in [3.8, 4) is 11.8 Å². The number of hydrogen-bond acceptors (Lipinski definition) is 4. The molecule has 1 saturated carbocycles. The number of amides is 1. The Morgan fingerprint density at radius 3 is 2.29 bits per heavy atom. The van der Waals surface area contributed by atoms with Crippen LogP contribution in [-0.2, 0) is 0 Å². The van der Waals surface area contributed by atoms with E-state index in [0.717, 1.165) is 22.4 Å². The lowest BCUT2D eigenvalue weighted by Crippen LogP contribution is -2.74. The summed E-state index contributed by atoms with van der Waals surface area (Å²) in [6.07, 6.45) is 1.69.